The van der Waals surface area contributed by atoms with Gasteiger partial charge in [0.2, 0.25) is 0 Å². The second-order valence-electron chi connectivity index (χ2n) is 7.30. The smallest absolute Gasteiger partial charge is 0.289 e. The van der Waals surface area contributed by atoms with Crippen molar-refractivity contribution in [3.63, 3.8) is 0 Å². The van der Waals surface area contributed by atoms with Crippen LogP contribution in [0.2, 0.25) is 0 Å². The fourth-order valence-electron chi connectivity index (χ4n) is 4.19. The highest BCUT2D eigenvalue weighted by molar-refractivity contribution is 5.91. The Hall–Kier alpha value is -1.37. The van der Waals surface area contributed by atoms with Crippen LogP contribution in [0.4, 0.5) is 0 Å². The summed E-state index contributed by atoms with van der Waals surface area (Å²) < 4.78 is 22.8. The molecule has 0 saturated carbocycles. The molecule has 0 aliphatic carbocycles. The lowest BCUT2D eigenvalue weighted by Gasteiger charge is -2.35. The average Bonchev–Trinajstić information content (AvgIpc) is 3.32. The lowest BCUT2D eigenvalue weighted by atomic mass is 9.99. The average molecular weight is 349 g/mol. The van der Waals surface area contributed by atoms with Crippen LogP contribution in [0.5, 0.6) is 0 Å². The fraction of sp³-hybridized carbons (Fsp3) is 0.737. The molecule has 3 fully saturated rings. The van der Waals surface area contributed by atoms with Crippen molar-refractivity contribution in [1.29, 1.82) is 0 Å². The molecule has 2 unspecified atom stereocenters. The summed E-state index contributed by atoms with van der Waals surface area (Å²) in [5, 5.41) is 0. The van der Waals surface area contributed by atoms with Gasteiger partial charge in [0.05, 0.1) is 31.1 Å². The molecule has 3 aliphatic heterocycles. The van der Waals surface area contributed by atoms with Crippen molar-refractivity contribution in [3.05, 3.63) is 24.2 Å². The number of nitrogens with zero attached hydrogens (tertiary/aromatic N) is 1. The molecule has 0 bridgehead atoms. The predicted octanol–water partition coefficient (Wildman–Crippen LogP) is 2.48. The van der Waals surface area contributed by atoms with Crippen LogP contribution >= 0.6 is 0 Å². The van der Waals surface area contributed by atoms with Gasteiger partial charge in [0.25, 0.3) is 5.91 Å². The van der Waals surface area contributed by atoms with E-state index in [2.05, 4.69) is 0 Å². The largest absolute Gasteiger partial charge is 0.459 e. The van der Waals surface area contributed by atoms with Crippen LogP contribution in [0.15, 0.2) is 22.8 Å². The molecule has 0 radical (unpaired) electrons. The maximum Gasteiger partial charge on any atom is 0.289 e. The molecule has 0 N–H and O–H groups in total. The first kappa shape index (κ1) is 17.1. The Morgan fingerprint density at radius 2 is 2.04 bits per heavy atom. The van der Waals surface area contributed by atoms with Gasteiger partial charge in [-0.05, 0) is 50.2 Å². The summed E-state index contributed by atoms with van der Waals surface area (Å²) in [5.74, 6) is 1.02. The van der Waals surface area contributed by atoms with E-state index < -0.39 is 0 Å². The van der Waals surface area contributed by atoms with Gasteiger partial charge in [-0.25, -0.2) is 0 Å². The normalized spacial score (nSPS) is 30.4. The minimum absolute atomic E-state index is 0.0182. The van der Waals surface area contributed by atoms with Crippen LogP contribution in [0.1, 0.15) is 42.7 Å². The van der Waals surface area contributed by atoms with E-state index in [4.69, 9.17) is 18.6 Å². The van der Waals surface area contributed by atoms with Gasteiger partial charge in [0.1, 0.15) is 0 Å². The van der Waals surface area contributed by atoms with Crippen molar-refractivity contribution in [2.45, 2.75) is 50.4 Å². The fourth-order valence-corrected chi connectivity index (χ4v) is 4.19. The van der Waals surface area contributed by atoms with Gasteiger partial charge in [-0.3, -0.25) is 4.79 Å². The summed E-state index contributed by atoms with van der Waals surface area (Å²) in [6, 6.07) is 3.65. The zero-order valence-corrected chi connectivity index (χ0v) is 14.6. The quantitative estimate of drug-likeness (QED) is 0.817. The Kier molecular flexibility index (Phi) is 5.39. The first-order chi connectivity index (χ1) is 12.3. The number of rotatable bonds is 5. The standard InChI is InChI=1S/C19H27NO5/c21-19(18-2-1-9-24-18)20-8-5-17-16(20)4-3-15(25-17)13-23-12-14-6-10-22-11-7-14/h1-2,9,14-17H,3-8,10-13H2/t15-,16?,17?/m0/s1. The zero-order chi connectivity index (χ0) is 17.1. The van der Waals surface area contributed by atoms with Gasteiger partial charge in [0.15, 0.2) is 5.76 Å². The first-order valence-electron chi connectivity index (χ1n) is 9.46. The van der Waals surface area contributed by atoms with Crippen molar-refractivity contribution in [1.82, 2.24) is 4.90 Å². The molecule has 1 aromatic rings. The molecule has 6 nitrogen and oxygen atoms in total. The molecule has 1 aromatic heterocycles. The molecule has 3 aliphatic rings. The molecular formula is C19H27NO5. The molecule has 25 heavy (non-hydrogen) atoms. The van der Waals surface area contributed by atoms with E-state index in [0.29, 0.717) is 18.3 Å². The molecule has 0 aromatic carbocycles. The number of carbonyl (C=O) groups excluding carboxylic acids is 1. The molecule has 4 rings (SSSR count). The summed E-state index contributed by atoms with van der Waals surface area (Å²) in [5.41, 5.74) is 0. The molecular weight excluding hydrogens is 322 g/mol. The summed E-state index contributed by atoms with van der Waals surface area (Å²) in [6.07, 6.45) is 6.83. The minimum Gasteiger partial charge on any atom is -0.459 e. The summed E-state index contributed by atoms with van der Waals surface area (Å²) in [4.78, 5) is 14.5. The third-order valence-corrected chi connectivity index (χ3v) is 5.63. The minimum atomic E-state index is -0.0182. The molecule has 3 atom stereocenters. The van der Waals surface area contributed by atoms with E-state index >= 15 is 0 Å². The third-order valence-electron chi connectivity index (χ3n) is 5.63. The highest BCUT2D eigenvalue weighted by Gasteiger charge is 2.42. The molecule has 4 heterocycles. The van der Waals surface area contributed by atoms with Crippen LogP contribution in [0, 0.1) is 5.92 Å². The number of furan rings is 1. The number of hydrogen-bond donors (Lipinski definition) is 0. The van der Waals surface area contributed by atoms with Gasteiger partial charge in [-0.15, -0.1) is 0 Å². The van der Waals surface area contributed by atoms with Crippen LogP contribution in [-0.2, 0) is 14.2 Å². The monoisotopic (exact) mass is 349 g/mol. The summed E-state index contributed by atoms with van der Waals surface area (Å²) in [7, 11) is 0. The number of fused-ring (bicyclic) bond motifs is 1. The number of hydrogen-bond acceptors (Lipinski definition) is 5. The van der Waals surface area contributed by atoms with Crippen molar-refractivity contribution in [3.8, 4) is 0 Å². The maximum absolute atomic E-state index is 12.5. The Balaban J connectivity index is 1.23. The molecule has 3 saturated heterocycles. The highest BCUT2D eigenvalue weighted by atomic mass is 16.5. The first-order valence-corrected chi connectivity index (χ1v) is 9.46. The number of ether oxygens (including phenoxy) is 3. The molecule has 138 valence electrons. The summed E-state index contributed by atoms with van der Waals surface area (Å²) in [6.45, 7) is 3.92. The second-order valence-corrected chi connectivity index (χ2v) is 7.30. The van der Waals surface area contributed by atoms with Gasteiger partial charge >= 0.3 is 0 Å². The van der Waals surface area contributed by atoms with Crippen molar-refractivity contribution >= 4 is 5.91 Å². The Bertz CT molecular complexity index is 554. The van der Waals surface area contributed by atoms with Crippen LogP contribution < -0.4 is 0 Å². The highest BCUT2D eigenvalue weighted by Crippen LogP contribution is 2.32. The molecule has 0 spiro atoms. The van der Waals surface area contributed by atoms with Crippen molar-refractivity contribution in [2.24, 2.45) is 5.92 Å². The second kappa shape index (κ2) is 7.89. The lowest BCUT2D eigenvalue weighted by molar-refractivity contribution is -0.102. The number of amides is 1. The topological polar surface area (TPSA) is 61.1 Å². The van der Waals surface area contributed by atoms with Gasteiger partial charge in [-0.2, -0.15) is 0 Å². The Morgan fingerprint density at radius 1 is 1.16 bits per heavy atom. The van der Waals surface area contributed by atoms with E-state index in [1.165, 1.54) is 0 Å². The van der Waals surface area contributed by atoms with E-state index in [1.807, 2.05) is 4.90 Å². The molecule has 6 heteroatoms. The number of carbonyl (C=O) groups is 1. The van der Waals surface area contributed by atoms with Gasteiger partial charge < -0.3 is 23.5 Å². The van der Waals surface area contributed by atoms with E-state index in [-0.39, 0.29) is 24.2 Å². The van der Waals surface area contributed by atoms with E-state index in [9.17, 15) is 4.79 Å². The van der Waals surface area contributed by atoms with Crippen LogP contribution in [0.3, 0.4) is 0 Å². The number of likely N-dealkylation sites (tertiary alicyclic amines) is 1. The van der Waals surface area contributed by atoms with Crippen molar-refractivity contribution in [2.75, 3.05) is 33.0 Å². The SMILES string of the molecule is O=C(c1ccco1)N1CCC2O[C@H](COCC3CCOCC3)CCC21. The Labute approximate surface area is 148 Å². The van der Waals surface area contributed by atoms with Crippen LogP contribution in [0.25, 0.3) is 0 Å². The maximum atomic E-state index is 12.5. The van der Waals surface area contributed by atoms with E-state index in [0.717, 1.165) is 58.5 Å². The summed E-state index contributed by atoms with van der Waals surface area (Å²) >= 11 is 0. The third kappa shape index (κ3) is 3.91. The zero-order valence-electron chi connectivity index (χ0n) is 14.6. The Morgan fingerprint density at radius 3 is 2.84 bits per heavy atom. The van der Waals surface area contributed by atoms with Crippen LogP contribution in [-0.4, -0.2) is 62.0 Å². The molecule has 1 amide bonds. The predicted molar refractivity (Wildman–Crippen MR) is 90.4 cm³/mol. The van der Waals surface area contributed by atoms with Gasteiger partial charge in [-0.1, -0.05) is 0 Å². The van der Waals surface area contributed by atoms with Gasteiger partial charge in [0, 0.05) is 26.4 Å². The van der Waals surface area contributed by atoms with Crippen molar-refractivity contribution < 1.29 is 23.4 Å². The lowest BCUT2D eigenvalue weighted by Crippen LogP contribution is -2.46. The van der Waals surface area contributed by atoms with E-state index in [1.54, 1.807) is 18.4 Å².